The minimum absolute atomic E-state index is 0.0678. The van der Waals surface area contributed by atoms with Gasteiger partial charge < -0.3 is 10.6 Å². The first-order chi connectivity index (χ1) is 11.7. The van der Waals surface area contributed by atoms with E-state index in [9.17, 15) is 4.79 Å². The third kappa shape index (κ3) is 3.66. The van der Waals surface area contributed by atoms with Gasteiger partial charge in [-0.2, -0.15) is 0 Å². The van der Waals surface area contributed by atoms with Gasteiger partial charge in [-0.15, -0.1) is 0 Å². The predicted molar refractivity (Wildman–Crippen MR) is 98.8 cm³/mol. The van der Waals surface area contributed by atoms with Crippen molar-refractivity contribution in [3.63, 3.8) is 0 Å². The van der Waals surface area contributed by atoms with E-state index in [1.54, 1.807) is 13.2 Å². The second-order valence-electron chi connectivity index (χ2n) is 5.48. The van der Waals surface area contributed by atoms with Crippen molar-refractivity contribution in [3.8, 4) is 0 Å². The Hall–Kier alpha value is -2.59. The van der Waals surface area contributed by atoms with Gasteiger partial charge in [0.15, 0.2) is 0 Å². The van der Waals surface area contributed by atoms with Crippen LogP contribution in [0.25, 0.3) is 10.9 Å². The van der Waals surface area contributed by atoms with Crippen molar-refractivity contribution >= 4 is 34.1 Å². The van der Waals surface area contributed by atoms with Gasteiger partial charge in [0.25, 0.3) is 5.91 Å². The van der Waals surface area contributed by atoms with Crippen LogP contribution in [0.3, 0.4) is 0 Å². The number of amides is 1. The third-order valence-electron chi connectivity index (χ3n) is 3.85. The Bertz CT molecular complexity index is 879. The number of anilines is 1. The minimum atomic E-state index is -0.0678. The lowest BCUT2D eigenvalue weighted by molar-refractivity contribution is 0.0963. The maximum absolute atomic E-state index is 11.7. The molecule has 0 bridgehead atoms. The van der Waals surface area contributed by atoms with E-state index in [1.807, 2.05) is 48.5 Å². The van der Waals surface area contributed by atoms with Crippen molar-refractivity contribution in [2.24, 2.45) is 0 Å². The van der Waals surface area contributed by atoms with Gasteiger partial charge in [-0.3, -0.25) is 9.78 Å². The van der Waals surface area contributed by atoms with Gasteiger partial charge in [0, 0.05) is 41.4 Å². The summed E-state index contributed by atoms with van der Waals surface area (Å²) in [7, 11) is 1.64. The van der Waals surface area contributed by atoms with Gasteiger partial charge in [0.2, 0.25) is 0 Å². The monoisotopic (exact) mass is 339 g/mol. The zero-order valence-electron chi connectivity index (χ0n) is 13.3. The molecule has 122 valence electrons. The zero-order chi connectivity index (χ0) is 16.9. The SMILES string of the molecule is CNC(=O)c1cccc(CCNc2ccnc3cc(Cl)ccc23)c1. The third-order valence-corrected chi connectivity index (χ3v) is 4.09. The maximum Gasteiger partial charge on any atom is 0.251 e. The molecule has 3 rings (SSSR count). The number of fused-ring (bicyclic) bond motifs is 1. The van der Waals surface area contributed by atoms with Crippen LogP contribution in [0.1, 0.15) is 15.9 Å². The van der Waals surface area contributed by atoms with E-state index in [1.165, 1.54) is 0 Å². The fourth-order valence-electron chi connectivity index (χ4n) is 2.63. The molecule has 0 atom stereocenters. The Labute approximate surface area is 145 Å². The van der Waals surface area contributed by atoms with E-state index in [0.29, 0.717) is 10.6 Å². The number of nitrogens with zero attached hydrogens (tertiary/aromatic N) is 1. The van der Waals surface area contributed by atoms with Gasteiger partial charge in [-0.05, 0) is 48.4 Å². The van der Waals surface area contributed by atoms with Crippen LogP contribution in [0.2, 0.25) is 5.02 Å². The molecule has 0 unspecified atom stereocenters. The molecule has 0 spiro atoms. The van der Waals surface area contributed by atoms with Crippen molar-refractivity contribution in [1.29, 1.82) is 0 Å². The van der Waals surface area contributed by atoms with Crippen molar-refractivity contribution < 1.29 is 4.79 Å². The van der Waals surface area contributed by atoms with Crippen LogP contribution in [-0.2, 0) is 6.42 Å². The fourth-order valence-corrected chi connectivity index (χ4v) is 2.80. The Kier molecular flexibility index (Phi) is 4.96. The summed E-state index contributed by atoms with van der Waals surface area (Å²) >= 11 is 6.01. The summed E-state index contributed by atoms with van der Waals surface area (Å²) < 4.78 is 0. The molecule has 0 aliphatic heterocycles. The van der Waals surface area contributed by atoms with Gasteiger partial charge in [-0.25, -0.2) is 0 Å². The molecule has 0 fully saturated rings. The molecular weight excluding hydrogens is 322 g/mol. The minimum Gasteiger partial charge on any atom is -0.384 e. The Balaban J connectivity index is 1.70. The van der Waals surface area contributed by atoms with E-state index in [-0.39, 0.29) is 5.91 Å². The molecule has 4 nitrogen and oxygen atoms in total. The number of nitrogens with one attached hydrogen (secondary N) is 2. The van der Waals surface area contributed by atoms with Gasteiger partial charge in [0.1, 0.15) is 0 Å². The lowest BCUT2D eigenvalue weighted by Gasteiger charge is -2.10. The van der Waals surface area contributed by atoms with E-state index in [2.05, 4.69) is 15.6 Å². The van der Waals surface area contributed by atoms with Crippen molar-refractivity contribution in [2.45, 2.75) is 6.42 Å². The first-order valence-corrected chi connectivity index (χ1v) is 8.14. The largest absolute Gasteiger partial charge is 0.384 e. The highest BCUT2D eigenvalue weighted by atomic mass is 35.5. The van der Waals surface area contributed by atoms with Crippen LogP contribution in [0, 0.1) is 0 Å². The van der Waals surface area contributed by atoms with Gasteiger partial charge in [-0.1, -0.05) is 23.7 Å². The molecule has 2 aromatic carbocycles. The Morgan fingerprint density at radius 2 is 2.04 bits per heavy atom. The fraction of sp³-hybridized carbons (Fsp3) is 0.158. The van der Waals surface area contributed by atoms with Gasteiger partial charge in [0.05, 0.1) is 5.52 Å². The average Bonchev–Trinajstić information content (AvgIpc) is 2.61. The number of benzene rings is 2. The number of hydrogen-bond acceptors (Lipinski definition) is 3. The molecule has 0 saturated carbocycles. The molecule has 0 saturated heterocycles. The zero-order valence-corrected chi connectivity index (χ0v) is 14.1. The number of carbonyl (C=O) groups is 1. The second-order valence-corrected chi connectivity index (χ2v) is 5.91. The highest BCUT2D eigenvalue weighted by Crippen LogP contribution is 2.24. The first kappa shape index (κ1) is 16.3. The molecule has 0 aliphatic carbocycles. The summed E-state index contributed by atoms with van der Waals surface area (Å²) in [6.45, 7) is 0.763. The predicted octanol–water partition coefficient (Wildman–Crippen LogP) is 3.90. The van der Waals surface area contributed by atoms with Crippen LogP contribution in [-0.4, -0.2) is 24.5 Å². The number of carbonyl (C=O) groups excluding carboxylic acids is 1. The molecule has 0 radical (unpaired) electrons. The number of halogens is 1. The number of pyridine rings is 1. The van der Waals surface area contributed by atoms with Crippen LogP contribution in [0.5, 0.6) is 0 Å². The quantitative estimate of drug-likeness (QED) is 0.741. The lowest BCUT2D eigenvalue weighted by Crippen LogP contribution is -2.18. The van der Waals surface area contributed by atoms with Crippen LogP contribution in [0.4, 0.5) is 5.69 Å². The molecule has 0 aliphatic rings. The molecule has 5 heteroatoms. The normalized spacial score (nSPS) is 10.6. The van der Waals surface area contributed by atoms with Crippen LogP contribution < -0.4 is 10.6 Å². The number of hydrogen-bond donors (Lipinski definition) is 2. The smallest absolute Gasteiger partial charge is 0.251 e. The average molecular weight is 340 g/mol. The molecule has 1 amide bonds. The highest BCUT2D eigenvalue weighted by Gasteiger charge is 2.05. The summed E-state index contributed by atoms with van der Waals surface area (Å²) in [6, 6.07) is 15.3. The van der Waals surface area contributed by atoms with Gasteiger partial charge >= 0.3 is 0 Å². The van der Waals surface area contributed by atoms with E-state index < -0.39 is 0 Å². The standard InChI is InChI=1S/C19H18ClN3O/c1-21-19(24)14-4-2-3-13(11-14)7-9-22-17-8-10-23-18-12-15(20)5-6-16(17)18/h2-6,8,10-12H,7,9H2,1H3,(H,21,24)(H,22,23). The van der Waals surface area contributed by atoms with Crippen molar-refractivity contribution in [1.82, 2.24) is 10.3 Å². The van der Waals surface area contributed by atoms with Crippen LogP contribution in [0.15, 0.2) is 54.7 Å². The van der Waals surface area contributed by atoms with E-state index in [4.69, 9.17) is 11.6 Å². The molecular formula is C19H18ClN3O. The molecule has 3 aromatic rings. The second kappa shape index (κ2) is 7.32. The molecule has 1 aromatic heterocycles. The molecule has 2 N–H and O–H groups in total. The lowest BCUT2D eigenvalue weighted by atomic mass is 10.1. The van der Waals surface area contributed by atoms with E-state index >= 15 is 0 Å². The number of aromatic nitrogens is 1. The summed E-state index contributed by atoms with van der Waals surface area (Å²) in [4.78, 5) is 16.0. The highest BCUT2D eigenvalue weighted by molar-refractivity contribution is 6.31. The van der Waals surface area contributed by atoms with Crippen molar-refractivity contribution in [3.05, 3.63) is 70.9 Å². The summed E-state index contributed by atoms with van der Waals surface area (Å²) in [5.74, 6) is -0.0678. The summed E-state index contributed by atoms with van der Waals surface area (Å²) in [5, 5.41) is 7.80. The Morgan fingerprint density at radius 1 is 1.17 bits per heavy atom. The maximum atomic E-state index is 11.7. The summed E-state index contributed by atoms with van der Waals surface area (Å²) in [5.41, 5.74) is 3.69. The van der Waals surface area contributed by atoms with Crippen molar-refractivity contribution in [2.75, 3.05) is 18.9 Å². The molecule has 24 heavy (non-hydrogen) atoms. The summed E-state index contributed by atoms with van der Waals surface area (Å²) in [6.07, 6.45) is 2.59. The number of rotatable bonds is 5. The van der Waals surface area contributed by atoms with Crippen LogP contribution >= 0.6 is 11.6 Å². The Morgan fingerprint density at radius 3 is 2.88 bits per heavy atom. The molecule has 1 heterocycles. The first-order valence-electron chi connectivity index (χ1n) is 7.76. The van der Waals surface area contributed by atoms with E-state index in [0.717, 1.165) is 35.1 Å². The topological polar surface area (TPSA) is 54.0 Å².